The normalized spacial score (nSPS) is 14.2. The lowest BCUT2D eigenvalue weighted by molar-refractivity contribution is 0.0688. The molecule has 98 valence electrons. The fraction of sp³-hybridized carbons (Fsp3) is 0.357. The Morgan fingerprint density at radius 3 is 2.89 bits per heavy atom. The molecule has 5 nitrogen and oxygen atoms in total. The van der Waals surface area contributed by atoms with E-state index in [0.717, 1.165) is 48.3 Å². The minimum atomic E-state index is -0.942. The molecule has 0 radical (unpaired) electrons. The first kappa shape index (κ1) is 11.9. The van der Waals surface area contributed by atoms with Crippen LogP contribution in [0.5, 0.6) is 0 Å². The number of hydrogen-bond donors (Lipinski definition) is 1. The fourth-order valence-electron chi connectivity index (χ4n) is 2.65. The third kappa shape index (κ3) is 2.01. The Bertz CT molecular complexity index is 646. The van der Waals surface area contributed by atoms with Crippen LogP contribution in [0.4, 0.5) is 0 Å². The van der Waals surface area contributed by atoms with Crippen LogP contribution < -0.4 is 0 Å². The Balaban J connectivity index is 2.19. The van der Waals surface area contributed by atoms with Crippen LogP contribution in [-0.2, 0) is 12.8 Å². The number of aromatic carboxylic acids is 1. The number of carbonyl (C=O) groups is 1. The zero-order valence-electron chi connectivity index (χ0n) is 10.8. The van der Waals surface area contributed by atoms with Crippen molar-refractivity contribution in [2.24, 2.45) is 0 Å². The highest BCUT2D eigenvalue weighted by Gasteiger charge is 2.25. The van der Waals surface area contributed by atoms with Crippen molar-refractivity contribution in [3.8, 4) is 5.69 Å². The highest BCUT2D eigenvalue weighted by molar-refractivity contribution is 5.87. The summed E-state index contributed by atoms with van der Waals surface area (Å²) in [5.41, 5.74) is 3.92. The summed E-state index contributed by atoms with van der Waals surface area (Å²) in [6.45, 7) is 1.91. The number of pyridine rings is 1. The lowest BCUT2D eigenvalue weighted by atomic mass is 9.95. The van der Waals surface area contributed by atoms with Gasteiger partial charge in [0.25, 0.3) is 0 Å². The van der Waals surface area contributed by atoms with Gasteiger partial charge >= 0.3 is 5.97 Å². The van der Waals surface area contributed by atoms with Crippen LogP contribution in [0, 0.1) is 6.92 Å². The van der Waals surface area contributed by atoms with Crippen molar-refractivity contribution in [3.63, 3.8) is 0 Å². The molecule has 0 spiro atoms. The monoisotopic (exact) mass is 257 g/mol. The van der Waals surface area contributed by atoms with Gasteiger partial charge in [-0.15, -0.1) is 0 Å². The summed E-state index contributed by atoms with van der Waals surface area (Å²) >= 11 is 0. The molecule has 1 aliphatic carbocycles. The highest BCUT2D eigenvalue weighted by Crippen LogP contribution is 2.26. The molecule has 0 saturated heterocycles. The van der Waals surface area contributed by atoms with Gasteiger partial charge in [0.2, 0.25) is 0 Å². The zero-order valence-corrected chi connectivity index (χ0v) is 10.8. The number of carboxylic acid groups (broad SMARTS) is 1. The maximum Gasteiger partial charge on any atom is 0.356 e. The molecule has 1 aliphatic rings. The van der Waals surface area contributed by atoms with E-state index in [4.69, 9.17) is 0 Å². The molecule has 2 aromatic rings. The SMILES string of the molecule is Cc1cc(-n2nc(C(=O)O)c3c2CCCC3)ccn1. The lowest BCUT2D eigenvalue weighted by Crippen LogP contribution is -2.08. The Kier molecular flexibility index (Phi) is 2.81. The number of aromatic nitrogens is 3. The highest BCUT2D eigenvalue weighted by atomic mass is 16.4. The standard InChI is InChI=1S/C14H15N3O2/c1-9-8-10(6-7-15-9)17-12-5-3-2-4-11(12)13(16-17)14(18)19/h6-8H,2-5H2,1H3,(H,18,19). The van der Waals surface area contributed by atoms with E-state index in [-0.39, 0.29) is 5.69 Å². The smallest absolute Gasteiger partial charge is 0.356 e. The summed E-state index contributed by atoms with van der Waals surface area (Å²) in [6.07, 6.45) is 5.54. The first-order valence-electron chi connectivity index (χ1n) is 6.44. The van der Waals surface area contributed by atoms with Gasteiger partial charge in [0.15, 0.2) is 5.69 Å². The molecule has 0 atom stereocenters. The second-order valence-electron chi connectivity index (χ2n) is 4.85. The van der Waals surface area contributed by atoms with Crippen molar-refractivity contribution in [1.82, 2.24) is 14.8 Å². The summed E-state index contributed by atoms with van der Waals surface area (Å²) in [6, 6.07) is 3.79. The van der Waals surface area contributed by atoms with Crippen LogP contribution in [0.25, 0.3) is 5.69 Å². The molecule has 1 N–H and O–H groups in total. The quantitative estimate of drug-likeness (QED) is 0.895. The number of aryl methyl sites for hydroxylation is 1. The Morgan fingerprint density at radius 2 is 2.16 bits per heavy atom. The molecule has 0 fully saturated rings. The van der Waals surface area contributed by atoms with Crippen LogP contribution in [0.3, 0.4) is 0 Å². The molecule has 0 saturated carbocycles. The molecular weight excluding hydrogens is 242 g/mol. The van der Waals surface area contributed by atoms with Gasteiger partial charge in [0, 0.05) is 23.1 Å². The van der Waals surface area contributed by atoms with E-state index in [9.17, 15) is 9.90 Å². The van der Waals surface area contributed by atoms with E-state index in [1.165, 1.54) is 0 Å². The van der Waals surface area contributed by atoms with Gasteiger partial charge in [-0.3, -0.25) is 4.98 Å². The predicted molar refractivity (Wildman–Crippen MR) is 69.7 cm³/mol. The molecule has 0 unspecified atom stereocenters. The predicted octanol–water partition coefficient (Wildman–Crippen LogP) is 2.15. The van der Waals surface area contributed by atoms with Crippen molar-refractivity contribution in [1.29, 1.82) is 0 Å². The second kappa shape index (κ2) is 4.50. The van der Waals surface area contributed by atoms with Crippen LogP contribution in [0.15, 0.2) is 18.3 Å². The number of rotatable bonds is 2. The summed E-state index contributed by atoms with van der Waals surface area (Å²) < 4.78 is 1.77. The van der Waals surface area contributed by atoms with E-state index in [1.54, 1.807) is 10.9 Å². The number of hydrogen-bond acceptors (Lipinski definition) is 3. The molecular formula is C14H15N3O2. The molecule has 0 aromatic carbocycles. The van der Waals surface area contributed by atoms with Crippen LogP contribution in [-0.4, -0.2) is 25.8 Å². The summed E-state index contributed by atoms with van der Waals surface area (Å²) in [4.78, 5) is 15.5. The second-order valence-corrected chi connectivity index (χ2v) is 4.85. The minimum Gasteiger partial charge on any atom is -0.476 e. The largest absolute Gasteiger partial charge is 0.476 e. The molecule has 0 aliphatic heterocycles. The maximum absolute atomic E-state index is 11.3. The molecule has 0 bridgehead atoms. The van der Waals surface area contributed by atoms with Gasteiger partial charge in [-0.25, -0.2) is 9.48 Å². The van der Waals surface area contributed by atoms with Crippen LogP contribution in [0.1, 0.15) is 40.3 Å². The van der Waals surface area contributed by atoms with Gasteiger partial charge in [0.05, 0.1) is 5.69 Å². The zero-order chi connectivity index (χ0) is 13.4. The lowest BCUT2D eigenvalue weighted by Gasteiger charge is -2.14. The Labute approximate surface area is 110 Å². The number of fused-ring (bicyclic) bond motifs is 1. The van der Waals surface area contributed by atoms with E-state index in [2.05, 4.69) is 10.1 Å². The van der Waals surface area contributed by atoms with Gasteiger partial charge in [-0.05, 0) is 44.7 Å². The first-order valence-corrected chi connectivity index (χ1v) is 6.44. The van der Waals surface area contributed by atoms with E-state index in [0.29, 0.717) is 0 Å². The van der Waals surface area contributed by atoms with Gasteiger partial charge in [-0.1, -0.05) is 0 Å². The van der Waals surface area contributed by atoms with Gasteiger partial charge in [0.1, 0.15) is 0 Å². The van der Waals surface area contributed by atoms with E-state index in [1.807, 2.05) is 19.1 Å². The number of carboxylic acids is 1. The molecule has 2 aromatic heterocycles. The summed E-state index contributed by atoms with van der Waals surface area (Å²) in [5.74, 6) is -0.942. The average Bonchev–Trinajstić information content (AvgIpc) is 2.78. The topological polar surface area (TPSA) is 68.0 Å². The first-order chi connectivity index (χ1) is 9.16. The van der Waals surface area contributed by atoms with Gasteiger partial charge in [-0.2, -0.15) is 5.10 Å². The molecule has 5 heteroatoms. The van der Waals surface area contributed by atoms with Crippen molar-refractivity contribution < 1.29 is 9.90 Å². The average molecular weight is 257 g/mol. The Morgan fingerprint density at radius 1 is 1.37 bits per heavy atom. The van der Waals surface area contributed by atoms with Crippen molar-refractivity contribution in [2.75, 3.05) is 0 Å². The van der Waals surface area contributed by atoms with E-state index >= 15 is 0 Å². The fourth-order valence-corrected chi connectivity index (χ4v) is 2.65. The molecule has 19 heavy (non-hydrogen) atoms. The van der Waals surface area contributed by atoms with Gasteiger partial charge < -0.3 is 5.11 Å². The molecule has 0 amide bonds. The molecule has 3 rings (SSSR count). The van der Waals surface area contributed by atoms with Crippen molar-refractivity contribution in [2.45, 2.75) is 32.6 Å². The van der Waals surface area contributed by atoms with Crippen LogP contribution >= 0.6 is 0 Å². The third-order valence-electron chi connectivity index (χ3n) is 3.51. The summed E-state index contributed by atoms with van der Waals surface area (Å²) in [7, 11) is 0. The third-order valence-corrected chi connectivity index (χ3v) is 3.51. The van der Waals surface area contributed by atoms with Crippen LogP contribution in [0.2, 0.25) is 0 Å². The Hall–Kier alpha value is -2.17. The molecule has 2 heterocycles. The summed E-state index contributed by atoms with van der Waals surface area (Å²) in [5, 5.41) is 13.6. The minimum absolute atomic E-state index is 0.198. The number of nitrogens with zero attached hydrogens (tertiary/aromatic N) is 3. The van der Waals surface area contributed by atoms with E-state index < -0.39 is 5.97 Å². The maximum atomic E-state index is 11.3. The van der Waals surface area contributed by atoms with Crippen molar-refractivity contribution >= 4 is 5.97 Å². The van der Waals surface area contributed by atoms with Crippen molar-refractivity contribution in [3.05, 3.63) is 41.0 Å².